The fraction of sp³-hybridized carbons (Fsp3) is 0.120. The molecular formula is C50H38N2. The predicted molar refractivity (Wildman–Crippen MR) is 216 cm³/mol. The van der Waals surface area contributed by atoms with Crippen LogP contribution in [0.4, 0.5) is 0 Å². The normalized spacial score (nSPS) is 14.5. The Morgan fingerprint density at radius 1 is 0.346 bits per heavy atom. The van der Waals surface area contributed by atoms with E-state index < -0.39 is 0 Å². The van der Waals surface area contributed by atoms with E-state index >= 15 is 0 Å². The van der Waals surface area contributed by atoms with Crippen molar-refractivity contribution < 1.29 is 0 Å². The molecule has 2 nitrogen and oxygen atoms in total. The van der Waals surface area contributed by atoms with Crippen molar-refractivity contribution in [1.82, 2.24) is 9.97 Å². The maximum Gasteiger partial charge on any atom is 0.160 e. The van der Waals surface area contributed by atoms with Crippen LogP contribution in [0.2, 0.25) is 0 Å². The number of benzene rings is 7. The van der Waals surface area contributed by atoms with E-state index in [0.717, 1.165) is 33.9 Å². The third-order valence-corrected chi connectivity index (χ3v) is 11.7. The van der Waals surface area contributed by atoms with Gasteiger partial charge in [-0.15, -0.1) is 0 Å². The molecule has 2 aliphatic carbocycles. The first-order valence-electron chi connectivity index (χ1n) is 18.3. The van der Waals surface area contributed by atoms with Crippen molar-refractivity contribution >= 4 is 10.8 Å². The minimum Gasteiger partial charge on any atom is -0.228 e. The number of aromatic nitrogens is 2. The molecule has 0 unspecified atom stereocenters. The highest BCUT2D eigenvalue weighted by Gasteiger charge is 2.38. The van der Waals surface area contributed by atoms with Crippen LogP contribution in [0.1, 0.15) is 49.9 Å². The molecule has 0 bridgehead atoms. The van der Waals surface area contributed by atoms with Gasteiger partial charge in [-0.2, -0.15) is 0 Å². The second-order valence-corrected chi connectivity index (χ2v) is 15.4. The number of fused-ring (bicyclic) bond motifs is 7. The van der Waals surface area contributed by atoms with Crippen LogP contribution < -0.4 is 0 Å². The first kappa shape index (κ1) is 30.7. The average molecular weight is 667 g/mol. The van der Waals surface area contributed by atoms with Gasteiger partial charge in [-0.1, -0.05) is 173 Å². The van der Waals surface area contributed by atoms with Crippen molar-refractivity contribution in [3.05, 3.63) is 180 Å². The van der Waals surface area contributed by atoms with Crippen molar-refractivity contribution in [3.63, 3.8) is 0 Å². The summed E-state index contributed by atoms with van der Waals surface area (Å²) in [5.41, 5.74) is 18.2. The first-order valence-corrected chi connectivity index (χ1v) is 18.3. The predicted octanol–water partition coefficient (Wildman–Crippen LogP) is 12.9. The number of hydrogen-bond acceptors (Lipinski definition) is 2. The third kappa shape index (κ3) is 4.43. The smallest absolute Gasteiger partial charge is 0.160 e. The maximum absolute atomic E-state index is 5.28. The topological polar surface area (TPSA) is 25.8 Å². The van der Waals surface area contributed by atoms with Gasteiger partial charge in [-0.3, -0.25) is 0 Å². The van der Waals surface area contributed by atoms with Gasteiger partial charge < -0.3 is 0 Å². The van der Waals surface area contributed by atoms with Crippen LogP contribution in [0, 0.1) is 0 Å². The van der Waals surface area contributed by atoms with Crippen LogP contribution in [0.15, 0.2) is 158 Å². The van der Waals surface area contributed by atoms with Gasteiger partial charge in [0, 0.05) is 27.5 Å². The molecule has 0 N–H and O–H groups in total. The van der Waals surface area contributed by atoms with E-state index in [1.807, 2.05) is 6.07 Å². The zero-order chi connectivity index (χ0) is 35.2. The minimum absolute atomic E-state index is 0.0476. The summed E-state index contributed by atoms with van der Waals surface area (Å²) in [5.74, 6) is 0.725. The van der Waals surface area contributed by atoms with Crippen molar-refractivity contribution in [3.8, 4) is 67.3 Å². The molecule has 248 valence electrons. The van der Waals surface area contributed by atoms with Gasteiger partial charge in [0.1, 0.15) is 0 Å². The molecule has 0 atom stereocenters. The monoisotopic (exact) mass is 666 g/mol. The van der Waals surface area contributed by atoms with Gasteiger partial charge in [0.2, 0.25) is 0 Å². The van der Waals surface area contributed by atoms with E-state index in [9.17, 15) is 0 Å². The highest BCUT2D eigenvalue weighted by molar-refractivity contribution is 6.06. The fourth-order valence-electron chi connectivity index (χ4n) is 9.16. The van der Waals surface area contributed by atoms with Gasteiger partial charge in [0.05, 0.1) is 11.4 Å². The molecule has 0 spiro atoms. The molecule has 0 radical (unpaired) electrons. The van der Waals surface area contributed by atoms with Gasteiger partial charge in [-0.25, -0.2) is 9.97 Å². The van der Waals surface area contributed by atoms with Crippen LogP contribution >= 0.6 is 0 Å². The second kappa shape index (κ2) is 11.2. The molecule has 0 aliphatic heterocycles. The Labute approximate surface area is 305 Å². The summed E-state index contributed by atoms with van der Waals surface area (Å²) in [6, 6.07) is 57.3. The van der Waals surface area contributed by atoms with Crippen LogP contribution in [-0.2, 0) is 10.8 Å². The van der Waals surface area contributed by atoms with E-state index in [1.54, 1.807) is 0 Å². The largest absolute Gasteiger partial charge is 0.228 e. The molecule has 10 rings (SSSR count). The molecule has 0 fully saturated rings. The summed E-state index contributed by atoms with van der Waals surface area (Å²) in [6.07, 6.45) is 0. The minimum atomic E-state index is -0.111. The first-order chi connectivity index (χ1) is 25.3. The zero-order valence-electron chi connectivity index (χ0n) is 29.9. The third-order valence-electron chi connectivity index (χ3n) is 11.7. The SMILES string of the molecule is CC1(C)c2ccccc2-c2cc(-c3cc(-c4ccc(-c5cccc6c5C(C)(C)c5ccccc5-6)c5ccccc45)nc(-c4ccccc4)n3)ccc21. The number of nitrogens with zero attached hydrogens (tertiary/aromatic N) is 2. The Morgan fingerprint density at radius 2 is 0.885 bits per heavy atom. The highest BCUT2D eigenvalue weighted by atomic mass is 14.9. The molecule has 7 aromatic carbocycles. The van der Waals surface area contributed by atoms with E-state index in [1.165, 1.54) is 66.4 Å². The van der Waals surface area contributed by atoms with Crippen molar-refractivity contribution in [2.45, 2.75) is 38.5 Å². The summed E-state index contributed by atoms with van der Waals surface area (Å²) in [6.45, 7) is 9.38. The molecule has 1 aromatic heterocycles. The molecule has 2 aliphatic rings. The van der Waals surface area contributed by atoms with Gasteiger partial charge in [0.25, 0.3) is 0 Å². The Morgan fingerprint density at radius 3 is 1.63 bits per heavy atom. The summed E-state index contributed by atoms with van der Waals surface area (Å²) in [4.78, 5) is 10.5. The molecule has 0 saturated carbocycles. The zero-order valence-corrected chi connectivity index (χ0v) is 29.9. The van der Waals surface area contributed by atoms with Gasteiger partial charge in [-0.05, 0) is 78.5 Å². The molecule has 1 heterocycles. The Kier molecular flexibility index (Phi) is 6.60. The average Bonchev–Trinajstić information content (AvgIpc) is 3.57. The van der Waals surface area contributed by atoms with Crippen LogP contribution in [0.5, 0.6) is 0 Å². The number of hydrogen-bond donors (Lipinski definition) is 0. The van der Waals surface area contributed by atoms with Crippen molar-refractivity contribution in [1.29, 1.82) is 0 Å². The molecule has 52 heavy (non-hydrogen) atoms. The van der Waals surface area contributed by atoms with E-state index in [2.05, 4.69) is 179 Å². The maximum atomic E-state index is 5.28. The lowest BCUT2D eigenvalue weighted by atomic mass is 9.78. The van der Waals surface area contributed by atoms with Crippen molar-refractivity contribution in [2.75, 3.05) is 0 Å². The quantitative estimate of drug-likeness (QED) is 0.187. The lowest BCUT2D eigenvalue weighted by molar-refractivity contribution is 0.660. The van der Waals surface area contributed by atoms with Crippen molar-refractivity contribution in [2.24, 2.45) is 0 Å². The lowest BCUT2D eigenvalue weighted by Gasteiger charge is -2.25. The van der Waals surface area contributed by atoms with Gasteiger partial charge in [0.15, 0.2) is 5.82 Å². The van der Waals surface area contributed by atoms with Crippen LogP contribution in [-0.4, -0.2) is 9.97 Å². The van der Waals surface area contributed by atoms with Crippen LogP contribution in [0.3, 0.4) is 0 Å². The van der Waals surface area contributed by atoms with Gasteiger partial charge >= 0.3 is 0 Å². The van der Waals surface area contributed by atoms with E-state index in [4.69, 9.17) is 9.97 Å². The molecule has 0 saturated heterocycles. The molecule has 0 amide bonds. The van der Waals surface area contributed by atoms with E-state index in [-0.39, 0.29) is 10.8 Å². The Hall–Kier alpha value is -6.12. The highest BCUT2D eigenvalue weighted by Crippen LogP contribution is 2.53. The Bertz CT molecular complexity index is 2730. The lowest BCUT2D eigenvalue weighted by Crippen LogP contribution is -2.16. The molecular weight excluding hydrogens is 629 g/mol. The fourth-order valence-corrected chi connectivity index (χ4v) is 9.16. The summed E-state index contributed by atoms with van der Waals surface area (Å²) < 4.78 is 0. The van der Waals surface area contributed by atoms with E-state index in [0.29, 0.717) is 0 Å². The molecule has 2 heteroatoms. The summed E-state index contributed by atoms with van der Waals surface area (Å²) in [5, 5.41) is 2.40. The number of rotatable bonds is 4. The van der Waals surface area contributed by atoms with Crippen LogP contribution in [0.25, 0.3) is 78.1 Å². The Balaban J connectivity index is 1.17. The summed E-state index contributed by atoms with van der Waals surface area (Å²) in [7, 11) is 0. The summed E-state index contributed by atoms with van der Waals surface area (Å²) >= 11 is 0. The second-order valence-electron chi connectivity index (χ2n) is 15.4. The standard InChI is InChI=1S/C50H38N2/c1-49(2)42-23-12-11-20-37(42)41-29-32(25-28-44(41)49)45-30-46(52-48(51-45)31-15-6-5-7-16-31)38-27-26-35(33-17-8-9-18-34(33)38)39-21-14-22-40-36-19-10-13-24-43(36)50(3,4)47(39)40/h5-30H,1-4H3. The molecule has 8 aromatic rings.